The molecule has 1 aliphatic rings. The second-order valence-corrected chi connectivity index (χ2v) is 8.40. The first kappa shape index (κ1) is 17.7. The molecule has 2 aromatic heterocycles. The fraction of sp³-hybridized carbons (Fsp3) is 0.444. The van der Waals surface area contributed by atoms with Gasteiger partial charge in [-0.15, -0.1) is 5.10 Å². The molecule has 3 heterocycles. The zero-order valence-electron chi connectivity index (χ0n) is 14.9. The smallest absolute Gasteiger partial charge is 0.235 e. The van der Waals surface area contributed by atoms with Gasteiger partial charge < -0.3 is 14.7 Å². The van der Waals surface area contributed by atoms with Gasteiger partial charge >= 0.3 is 0 Å². The van der Waals surface area contributed by atoms with Crippen molar-refractivity contribution in [2.75, 3.05) is 13.1 Å². The molecule has 0 unspecified atom stereocenters. The van der Waals surface area contributed by atoms with Crippen LogP contribution >= 0.6 is 22.9 Å². The van der Waals surface area contributed by atoms with Crippen LogP contribution in [0.4, 0.5) is 0 Å². The number of ether oxygens (including phenoxy) is 1. The molecule has 0 bridgehead atoms. The number of aromatic nitrogens is 3. The number of nitrogens with zero attached hydrogens (tertiary/aromatic N) is 3. The number of quaternary nitrogens is 1. The molecular formula is C18H22ClN4O2S+. The highest BCUT2D eigenvalue weighted by Gasteiger charge is 2.37. The summed E-state index contributed by atoms with van der Waals surface area (Å²) in [5.41, 5.74) is 1.11. The van der Waals surface area contributed by atoms with Crippen molar-refractivity contribution in [2.24, 2.45) is 0 Å². The van der Waals surface area contributed by atoms with Gasteiger partial charge in [0.2, 0.25) is 10.8 Å². The molecule has 1 fully saturated rings. The van der Waals surface area contributed by atoms with Crippen molar-refractivity contribution in [1.29, 1.82) is 0 Å². The third-order valence-electron chi connectivity index (χ3n) is 4.74. The molecule has 0 saturated carbocycles. The van der Waals surface area contributed by atoms with Gasteiger partial charge in [-0.1, -0.05) is 35.1 Å². The summed E-state index contributed by atoms with van der Waals surface area (Å²) in [6, 6.07) is 7.84. The predicted molar refractivity (Wildman–Crippen MR) is 101 cm³/mol. The van der Waals surface area contributed by atoms with E-state index in [1.807, 2.05) is 31.2 Å². The number of halogens is 1. The Balaban J connectivity index is 1.82. The van der Waals surface area contributed by atoms with Crippen molar-refractivity contribution >= 4 is 27.9 Å². The molecule has 3 atom stereocenters. The maximum atomic E-state index is 10.9. The van der Waals surface area contributed by atoms with Crippen LogP contribution in [-0.4, -0.2) is 45.0 Å². The van der Waals surface area contributed by atoms with Crippen LogP contribution in [0.5, 0.6) is 5.88 Å². The van der Waals surface area contributed by atoms with Crippen LogP contribution in [0.3, 0.4) is 0 Å². The molecule has 0 radical (unpaired) electrons. The molecule has 0 spiro atoms. The van der Waals surface area contributed by atoms with Crippen molar-refractivity contribution in [3.05, 3.63) is 45.6 Å². The Hall–Kier alpha value is -1.67. The fourth-order valence-corrected chi connectivity index (χ4v) is 5.13. The number of rotatable bonds is 3. The number of benzene rings is 1. The van der Waals surface area contributed by atoms with E-state index in [1.165, 1.54) is 20.8 Å². The van der Waals surface area contributed by atoms with Crippen LogP contribution in [0.1, 0.15) is 36.2 Å². The first-order valence-corrected chi connectivity index (χ1v) is 9.92. The van der Waals surface area contributed by atoms with Gasteiger partial charge in [0.1, 0.15) is 36.0 Å². The Morgan fingerprint density at radius 3 is 2.54 bits per heavy atom. The van der Waals surface area contributed by atoms with Gasteiger partial charge in [-0.05, 0) is 32.9 Å². The van der Waals surface area contributed by atoms with E-state index >= 15 is 0 Å². The lowest BCUT2D eigenvalue weighted by Gasteiger charge is -2.37. The lowest BCUT2D eigenvalue weighted by molar-refractivity contribution is -0.939. The number of aryl methyl sites for hydroxylation is 1. The second kappa shape index (κ2) is 6.81. The Kier molecular flexibility index (Phi) is 4.64. The summed E-state index contributed by atoms with van der Waals surface area (Å²) in [5, 5.41) is 15.9. The van der Waals surface area contributed by atoms with Crippen LogP contribution in [-0.2, 0) is 4.74 Å². The van der Waals surface area contributed by atoms with Gasteiger partial charge in [0.15, 0.2) is 6.04 Å². The summed E-state index contributed by atoms with van der Waals surface area (Å²) in [4.78, 5) is 7.36. The third-order valence-corrected chi connectivity index (χ3v) is 6.08. The van der Waals surface area contributed by atoms with Gasteiger partial charge in [0.25, 0.3) is 0 Å². The molecule has 3 aromatic rings. The number of hydrogen-bond donors (Lipinski definition) is 2. The minimum atomic E-state index is -0.0186. The van der Waals surface area contributed by atoms with Crippen molar-refractivity contribution < 1.29 is 14.7 Å². The lowest BCUT2D eigenvalue weighted by Crippen LogP contribution is -3.15. The number of thiazole rings is 1. The largest absolute Gasteiger partial charge is 0.492 e. The Morgan fingerprint density at radius 1 is 1.27 bits per heavy atom. The molecule has 26 heavy (non-hydrogen) atoms. The van der Waals surface area contributed by atoms with Gasteiger partial charge in [0, 0.05) is 10.6 Å². The van der Waals surface area contributed by atoms with Crippen molar-refractivity contribution in [1.82, 2.24) is 14.6 Å². The SMILES string of the molecule is Cc1nc2sc([C@H](c3ccc(Cl)cc3)[NH+]3C[C@@H](C)O[C@H](C)C3)c(O)n2n1. The van der Waals surface area contributed by atoms with E-state index in [2.05, 4.69) is 23.9 Å². The summed E-state index contributed by atoms with van der Waals surface area (Å²) >= 11 is 7.58. The first-order chi connectivity index (χ1) is 12.4. The number of aromatic hydroxyl groups is 1. The van der Waals surface area contributed by atoms with E-state index in [4.69, 9.17) is 16.3 Å². The van der Waals surface area contributed by atoms with Crippen LogP contribution in [0, 0.1) is 6.92 Å². The number of hydrogen-bond acceptors (Lipinski definition) is 5. The molecule has 138 valence electrons. The van der Waals surface area contributed by atoms with E-state index in [9.17, 15) is 5.11 Å². The predicted octanol–water partition coefficient (Wildman–Crippen LogP) is 2.24. The standard InChI is InChI=1S/C18H21ClN4O2S/c1-10-8-22(9-11(2)25-10)15(13-4-6-14(19)7-5-13)16-17(24)23-18(26-16)20-12(3)21-23/h4-7,10-11,15,24H,8-9H2,1-3H3/p+1/t10-,11-,15+/m1/s1. The molecule has 1 saturated heterocycles. The summed E-state index contributed by atoms with van der Waals surface area (Å²) < 4.78 is 7.45. The van der Waals surface area contributed by atoms with E-state index in [0.29, 0.717) is 15.8 Å². The van der Waals surface area contributed by atoms with Crippen LogP contribution in [0.15, 0.2) is 24.3 Å². The summed E-state index contributed by atoms with van der Waals surface area (Å²) in [6.45, 7) is 7.75. The second-order valence-electron chi connectivity index (χ2n) is 6.95. The molecule has 2 N–H and O–H groups in total. The van der Waals surface area contributed by atoms with Gasteiger partial charge in [-0.2, -0.15) is 4.52 Å². The van der Waals surface area contributed by atoms with E-state index in [0.717, 1.165) is 23.5 Å². The molecule has 1 aliphatic heterocycles. The van der Waals surface area contributed by atoms with Crippen LogP contribution in [0.25, 0.3) is 4.96 Å². The summed E-state index contributed by atoms with van der Waals surface area (Å²) in [6.07, 6.45) is 0.324. The maximum absolute atomic E-state index is 10.9. The number of morpholine rings is 1. The third kappa shape index (κ3) is 3.20. The van der Waals surface area contributed by atoms with Gasteiger partial charge in [-0.25, -0.2) is 4.98 Å². The van der Waals surface area contributed by atoms with Crippen molar-refractivity contribution in [2.45, 2.75) is 39.0 Å². The highest BCUT2D eigenvalue weighted by atomic mass is 35.5. The Labute approximate surface area is 161 Å². The van der Waals surface area contributed by atoms with Crippen LogP contribution < -0.4 is 4.90 Å². The molecule has 0 aliphatic carbocycles. The molecule has 1 aromatic carbocycles. The maximum Gasteiger partial charge on any atom is 0.235 e. The molecule has 8 heteroatoms. The van der Waals surface area contributed by atoms with E-state index < -0.39 is 0 Å². The first-order valence-electron chi connectivity index (χ1n) is 8.73. The van der Waals surface area contributed by atoms with E-state index in [-0.39, 0.29) is 24.1 Å². The molecule has 0 amide bonds. The summed E-state index contributed by atoms with van der Waals surface area (Å²) in [5.74, 6) is 0.826. The average molecular weight is 394 g/mol. The van der Waals surface area contributed by atoms with Gasteiger partial charge in [0.05, 0.1) is 0 Å². The Morgan fingerprint density at radius 2 is 1.92 bits per heavy atom. The normalized spacial score (nSPS) is 24.8. The average Bonchev–Trinajstić information content (AvgIpc) is 3.07. The minimum Gasteiger partial charge on any atom is -0.492 e. The molecule has 6 nitrogen and oxygen atoms in total. The fourth-order valence-electron chi connectivity index (χ4n) is 3.81. The Bertz CT molecular complexity index is 913. The quantitative estimate of drug-likeness (QED) is 0.716. The zero-order valence-corrected chi connectivity index (χ0v) is 16.5. The molecular weight excluding hydrogens is 372 g/mol. The van der Waals surface area contributed by atoms with Crippen molar-refractivity contribution in [3.8, 4) is 5.88 Å². The van der Waals surface area contributed by atoms with E-state index in [1.54, 1.807) is 0 Å². The van der Waals surface area contributed by atoms with Crippen molar-refractivity contribution in [3.63, 3.8) is 0 Å². The monoisotopic (exact) mass is 393 g/mol. The highest BCUT2D eigenvalue weighted by molar-refractivity contribution is 7.17. The lowest BCUT2D eigenvalue weighted by atomic mass is 10.0. The summed E-state index contributed by atoms with van der Waals surface area (Å²) in [7, 11) is 0. The number of nitrogens with one attached hydrogen (secondary N) is 1. The molecule has 4 rings (SSSR count). The van der Waals surface area contributed by atoms with Crippen LogP contribution in [0.2, 0.25) is 5.02 Å². The van der Waals surface area contributed by atoms with Gasteiger partial charge in [-0.3, -0.25) is 0 Å². The zero-order chi connectivity index (χ0) is 18.4. The minimum absolute atomic E-state index is 0.0186. The topological polar surface area (TPSA) is 64.1 Å². The number of fused-ring (bicyclic) bond motifs is 1. The highest BCUT2D eigenvalue weighted by Crippen LogP contribution is 2.35.